The number of esters is 1. The number of hydrogen-bond donors (Lipinski definition) is 0. The lowest BCUT2D eigenvalue weighted by Gasteiger charge is -2.37. The highest BCUT2D eigenvalue weighted by molar-refractivity contribution is 5.96. The molecule has 0 unspecified atom stereocenters. The number of anilines is 1. The molecule has 1 amide bonds. The molecule has 0 spiro atoms. The molecule has 1 aromatic heterocycles. The number of hydrogen-bond acceptors (Lipinski definition) is 7. The highest BCUT2D eigenvalue weighted by Gasteiger charge is 2.36. The Morgan fingerprint density at radius 1 is 0.913 bits per heavy atom. The number of Topliss-reactive ketones (excluding diaryl/α,β-unsaturated/α-hetero) is 1. The Morgan fingerprint density at radius 3 is 2.28 bits per heavy atom. The molecule has 242 valence electrons. The van der Waals surface area contributed by atoms with Crippen LogP contribution in [0.5, 0.6) is 0 Å². The van der Waals surface area contributed by atoms with Crippen molar-refractivity contribution in [2.75, 3.05) is 38.2 Å². The molecule has 8 nitrogen and oxygen atoms in total. The second kappa shape index (κ2) is 14.1. The zero-order valence-corrected chi connectivity index (χ0v) is 26.5. The van der Waals surface area contributed by atoms with Gasteiger partial charge in [-0.2, -0.15) is 13.2 Å². The lowest BCUT2D eigenvalue weighted by atomic mass is 9.97. The number of rotatable bonds is 6. The van der Waals surface area contributed by atoms with Gasteiger partial charge in [0.15, 0.2) is 5.78 Å². The molecule has 0 saturated carbocycles. The Balaban J connectivity index is 1.44. The summed E-state index contributed by atoms with van der Waals surface area (Å²) in [5, 5.41) is 0. The number of piperazine rings is 1. The molecule has 0 aliphatic carbocycles. The van der Waals surface area contributed by atoms with Crippen LogP contribution in [-0.4, -0.2) is 66.6 Å². The van der Waals surface area contributed by atoms with Gasteiger partial charge in [-0.15, -0.1) is 0 Å². The predicted octanol–water partition coefficient (Wildman–Crippen LogP) is 6.47. The largest absolute Gasteiger partial charge is 0.465 e. The molecule has 0 N–H and O–H groups in total. The zero-order valence-electron chi connectivity index (χ0n) is 26.5. The number of carbonyl (C=O) groups excluding carboxylic acids is 3. The minimum atomic E-state index is -4.60. The van der Waals surface area contributed by atoms with E-state index >= 15 is 0 Å². The van der Waals surface area contributed by atoms with Crippen LogP contribution in [-0.2, 0) is 22.1 Å². The van der Waals surface area contributed by atoms with Crippen molar-refractivity contribution in [1.82, 2.24) is 9.88 Å². The summed E-state index contributed by atoms with van der Waals surface area (Å²) in [6, 6.07) is 10.8. The number of alkyl halides is 3. The molecule has 2 heterocycles. The summed E-state index contributed by atoms with van der Waals surface area (Å²) in [6.07, 6.45) is -2.08. The Morgan fingerprint density at radius 2 is 1.63 bits per heavy atom. The monoisotopic (exact) mass is 635 g/mol. The van der Waals surface area contributed by atoms with Gasteiger partial charge < -0.3 is 19.3 Å². The molecular weight excluding hydrogens is 599 g/mol. The first-order chi connectivity index (χ1) is 21.6. The zero-order chi connectivity index (χ0) is 33.6. The highest BCUT2D eigenvalue weighted by atomic mass is 19.4. The van der Waals surface area contributed by atoms with Gasteiger partial charge in [-0.1, -0.05) is 30.0 Å². The number of carbonyl (C=O) groups is 3. The van der Waals surface area contributed by atoms with Crippen molar-refractivity contribution in [1.29, 1.82) is 0 Å². The molecule has 1 aliphatic heterocycles. The van der Waals surface area contributed by atoms with E-state index in [1.54, 1.807) is 56.0 Å². The first-order valence-corrected chi connectivity index (χ1v) is 14.8. The van der Waals surface area contributed by atoms with Crippen LogP contribution < -0.4 is 4.90 Å². The van der Waals surface area contributed by atoms with Crippen molar-refractivity contribution in [3.05, 3.63) is 93.8 Å². The number of ketones is 1. The van der Waals surface area contributed by atoms with E-state index < -0.39 is 29.4 Å². The van der Waals surface area contributed by atoms with Crippen LogP contribution in [0.3, 0.4) is 0 Å². The maximum absolute atomic E-state index is 14.2. The van der Waals surface area contributed by atoms with Gasteiger partial charge in [0.05, 0.1) is 18.2 Å². The number of amides is 1. The maximum atomic E-state index is 14.2. The molecule has 1 saturated heterocycles. The fourth-order valence-corrected chi connectivity index (χ4v) is 4.91. The van der Waals surface area contributed by atoms with Crippen LogP contribution >= 0.6 is 0 Å². The predicted molar refractivity (Wildman–Crippen MR) is 167 cm³/mol. The molecule has 0 bridgehead atoms. The minimum Gasteiger partial charge on any atom is -0.465 e. The van der Waals surface area contributed by atoms with E-state index in [0.717, 1.165) is 11.6 Å². The molecule has 11 heteroatoms. The van der Waals surface area contributed by atoms with Gasteiger partial charge >= 0.3 is 18.2 Å². The summed E-state index contributed by atoms with van der Waals surface area (Å²) in [6.45, 7) is 8.05. The van der Waals surface area contributed by atoms with Crippen LogP contribution in [0.4, 0.5) is 23.7 Å². The van der Waals surface area contributed by atoms with E-state index in [-0.39, 0.29) is 56.1 Å². The van der Waals surface area contributed by atoms with Crippen LogP contribution in [0.1, 0.15) is 75.7 Å². The Bertz CT molecular complexity index is 1680. The standard InChI is InChI=1S/C35H36F3N3O5/c1-23-6-10-27(20-26(23)11-7-25-18-28(22-39-21-25)32(43)45-5)31(42)13-9-24-8-12-30(29(19-24)35(36,37)38)40-14-16-41(17-15-40)33(44)46-34(2,3)4/h6,8,10,12,18-22H,9,13-17H2,1-5H3. The van der Waals surface area contributed by atoms with E-state index in [0.29, 0.717) is 22.3 Å². The third kappa shape index (κ3) is 8.87. The molecule has 4 rings (SSSR count). The third-order valence-electron chi connectivity index (χ3n) is 7.34. The number of benzene rings is 2. The van der Waals surface area contributed by atoms with Gasteiger partial charge in [0.2, 0.25) is 0 Å². The van der Waals surface area contributed by atoms with Crippen molar-refractivity contribution < 1.29 is 37.0 Å². The van der Waals surface area contributed by atoms with Crippen molar-refractivity contribution in [2.45, 2.75) is 52.3 Å². The summed E-state index contributed by atoms with van der Waals surface area (Å²) >= 11 is 0. The number of aromatic nitrogens is 1. The molecule has 2 aromatic carbocycles. The summed E-state index contributed by atoms with van der Waals surface area (Å²) in [4.78, 5) is 44.4. The van der Waals surface area contributed by atoms with Crippen molar-refractivity contribution in [3.8, 4) is 11.8 Å². The highest BCUT2D eigenvalue weighted by Crippen LogP contribution is 2.38. The fraction of sp³-hybridized carbons (Fsp3) is 0.371. The fourth-order valence-electron chi connectivity index (χ4n) is 4.91. The minimum absolute atomic E-state index is 0.00618. The smallest absolute Gasteiger partial charge is 0.418 e. The van der Waals surface area contributed by atoms with Gasteiger partial charge in [0.1, 0.15) is 5.60 Å². The Hall–Kier alpha value is -4.85. The van der Waals surface area contributed by atoms with Crippen LogP contribution in [0.15, 0.2) is 54.9 Å². The van der Waals surface area contributed by atoms with Gasteiger partial charge in [-0.05, 0) is 69.5 Å². The second-order valence-corrected chi connectivity index (χ2v) is 12.0. The number of pyridine rings is 1. The summed E-state index contributed by atoms with van der Waals surface area (Å²) in [5.74, 6) is 5.20. The third-order valence-corrected chi connectivity index (χ3v) is 7.34. The van der Waals surface area contributed by atoms with Gasteiger partial charge in [-0.3, -0.25) is 9.78 Å². The molecule has 0 atom stereocenters. The van der Waals surface area contributed by atoms with E-state index in [9.17, 15) is 27.6 Å². The first kappa shape index (κ1) is 34.0. The van der Waals surface area contributed by atoms with E-state index in [1.807, 2.05) is 6.92 Å². The van der Waals surface area contributed by atoms with Crippen LogP contribution in [0.25, 0.3) is 0 Å². The maximum Gasteiger partial charge on any atom is 0.418 e. The van der Waals surface area contributed by atoms with Crippen LogP contribution in [0.2, 0.25) is 0 Å². The van der Waals surface area contributed by atoms with Crippen molar-refractivity contribution in [3.63, 3.8) is 0 Å². The number of aryl methyl sites for hydroxylation is 2. The molecule has 1 fully saturated rings. The molecular formula is C35H36F3N3O5. The number of methoxy groups -OCH3 is 1. The van der Waals surface area contributed by atoms with Gasteiger partial charge in [-0.25, -0.2) is 9.59 Å². The second-order valence-electron chi connectivity index (χ2n) is 12.0. The molecule has 1 aliphatic rings. The molecule has 0 radical (unpaired) electrons. The van der Waals surface area contributed by atoms with Crippen LogP contribution in [0, 0.1) is 18.8 Å². The quantitative estimate of drug-likeness (QED) is 0.174. The van der Waals surface area contributed by atoms with Gasteiger partial charge in [0.25, 0.3) is 0 Å². The lowest BCUT2D eigenvalue weighted by molar-refractivity contribution is -0.137. The SMILES string of the molecule is COC(=O)c1cncc(C#Cc2cc(C(=O)CCc3ccc(N4CCN(C(=O)OC(C)(C)C)CC4)c(C(F)(F)F)c3)ccc2C)c1. The Labute approximate surface area is 266 Å². The Kier molecular flexibility index (Phi) is 10.4. The van der Waals surface area contributed by atoms with Gasteiger partial charge in [0, 0.05) is 67.4 Å². The summed E-state index contributed by atoms with van der Waals surface area (Å²) in [5.41, 5.74) is 1.58. The normalized spacial score (nSPS) is 13.5. The summed E-state index contributed by atoms with van der Waals surface area (Å²) in [7, 11) is 1.27. The molecule has 3 aromatic rings. The van der Waals surface area contributed by atoms with Crippen molar-refractivity contribution in [2.24, 2.45) is 0 Å². The number of ether oxygens (including phenoxy) is 2. The number of nitrogens with zero attached hydrogens (tertiary/aromatic N) is 3. The van der Waals surface area contributed by atoms with E-state index in [1.165, 1.54) is 30.5 Å². The van der Waals surface area contributed by atoms with E-state index in [4.69, 9.17) is 9.47 Å². The molecule has 46 heavy (non-hydrogen) atoms. The number of halogens is 3. The average molecular weight is 636 g/mol. The first-order valence-electron chi connectivity index (χ1n) is 14.8. The summed E-state index contributed by atoms with van der Waals surface area (Å²) < 4.78 is 52.6. The topological polar surface area (TPSA) is 89.0 Å². The lowest BCUT2D eigenvalue weighted by Crippen LogP contribution is -2.50. The van der Waals surface area contributed by atoms with Crippen molar-refractivity contribution >= 4 is 23.5 Å². The van der Waals surface area contributed by atoms with E-state index in [2.05, 4.69) is 16.8 Å². The average Bonchev–Trinajstić information content (AvgIpc) is 3.01.